The fraction of sp³-hybridized carbons (Fsp3) is 0.571. The van der Waals surface area contributed by atoms with E-state index in [0.717, 1.165) is 6.54 Å². The van der Waals surface area contributed by atoms with Gasteiger partial charge in [-0.25, -0.2) is 0 Å². The topological polar surface area (TPSA) is 26.0 Å². The average molecular weight is 203 g/mol. The monoisotopic (exact) mass is 203 g/mol. The third kappa shape index (κ3) is 1.69. The van der Waals surface area contributed by atoms with Gasteiger partial charge in [-0.3, -0.25) is 0 Å². The van der Waals surface area contributed by atoms with Gasteiger partial charge in [-0.2, -0.15) is 0 Å². The zero-order valence-corrected chi connectivity index (χ0v) is 10.0. The first-order valence-electron chi connectivity index (χ1n) is 5.75. The van der Waals surface area contributed by atoms with E-state index >= 15 is 0 Å². The first kappa shape index (κ1) is 10.7. The number of aryl methyl sites for hydroxylation is 1. The van der Waals surface area contributed by atoms with Crippen molar-refractivity contribution in [3.05, 3.63) is 35.4 Å². The minimum Gasteiger partial charge on any atom is -0.330 e. The predicted molar refractivity (Wildman–Crippen MR) is 64.9 cm³/mol. The van der Waals surface area contributed by atoms with Crippen molar-refractivity contribution in [1.29, 1.82) is 0 Å². The van der Waals surface area contributed by atoms with E-state index in [1.165, 1.54) is 24.0 Å². The molecular weight excluding hydrogens is 182 g/mol. The molecule has 2 rings (SSSR count). The molecular formula is C14H21N. The number of benzene rings is 1. The van der Waals surface area contributed by atoms with Crippen molar-refractivity contribution in [3.63, 3.8) is 0 Å². The molecule has 1 heteroatoms. The molecule has 0 heterocycles. The fourth-order valence-corrected chi connectivity index (χ4v) is 3.39. The second-order valence-electron chi connectivity index (χ2n) is 5.82. The SMILES string of the molecule is Cc1ccccc1C1(CN)CC(C)(C)C1. The second-order valence-corrected chi connectivity index (χ2v) is 5.82. The Hall–Kier alpha value is -0.820. The van der Waals surface area contributed by atoms with Crippen LogP contribution in [0, 0.1) is 12.3 Å². The Balaban J connectivity index is 2.34. The third-order valence-electron chi connectivity index (χ3n) is 3.74. The Morgan fingerprint density at radius 1 is 1.20 bits per heavy atom. The highest BCUT2D eigenvalue weighted by molar-refractivity contribution is 5.37. The van der Waals surface area contributed by atoms with Gasteiger partial charge in [-0.15, -0.1) is 0 Å². The molecule has 2 N–H and O–H groups in total. The van der Waals surface area contributed by atoms with Gasteiger partial charge in [0.25, 0.3) is 0 Å². The molecule has 0 spiro atoms. The molecule has 0 radical (unpaired) electrons. The number of rotatable bonds is 2. The van der Waals surface area contributed by atoms with Crippen LogP contribution in [0.2, 0.25) is 0 Å². The van der Waals surface area contributed by atoms with E-state index in [0.29, 0.717) is 5.41 Å². The zero-order valence-electron chi connectivity index (χ0n) is 10.0. The minimum absolute atomic E-state index is 0.259. The summed E-state index contributed by atoms with van der Waals surface area (Å²) in [7, 11) is 0. The largest absolute Gasteiger partial charge is 0.330 e. The van der Waals surface area contributed by atoms with E-state index in [2.05, 4.69) is 45.0 Å². The quantitative estimate of drug-likeness (QED) is 0.785. The van der Waals surface area contributed by atoms with Crippen molar-refractivity contribution in [3.8, 4) is 0 Å². The first-order chi connectivity index (χ1) is 6.99. The Morgan fingerprint density at radius 3 is 2.27 bits per heavy atom. The normalized spacial score (nSPS) is 22.1. The number of nitrogens with two attached hydrogens (primary N) is 1. The lowest BCUT2D eigenvalue weighted by Crippen LogP contribution is -2.51. The predicted octanol–water partition coefficient (Wildman–Crippen LogP) is 3.01. The molecule has 1 nitrogen and oxygen atoms in total. The van der Waals surface area contributed by atoms with Crippen molar-refractivity contribution in [2.24, 2.45) is 11.1 Å². The second kappa shape index (κ2) is 3.34. The molecule has 0 bridgehead atoms. The summed E-state index contributed by atoms with van der Waals surface area (Å²) in [6.07, 6.45) is 2.45. The summed E-state index contributed by atoms with van der Waals surface area (Å²) < 4.78 is 0. The highest BCUT2D eigenvalue weighted by Gasteiger charge is 2.49. The Bertz CT molecular complexity index is 357. The summed E-state index contributed by atoms with van der Waals surface area (Å²) in [4.78, 5) is 0. The highest BCUT2D eigenvalue weighted by Crippen LogP contribution is 2.55. The molecule has 1 aromatic rings. The van der Waals surface area contributed by atoms with Crippen LogP contribution in [0.5, 0.6) is 0 Å². The van der Waals surface area contributed by atoms with Crippen LogP contribution in [-0.2, 0) is 5.41 Å². The molecule has 1 aromatic carbocycles. The lowest BCUT2D eigenvalue weighted by atomic mass is 9.51. The van der Waals surface area contributed by atoms with Crippen LogP contribution in [0.1, 0.15) is 37.8 Å². The van der Waals surface area contributed by atoms with E-state index in [9.17, 15) is 0 Å². The minimum atomic E-state index is 0.259. The van der Waals surface area contributed by atoms with Crippen LogP contribution < -0.4 is 5.73 Å². The van der Waals surface area contributed by atoms with Gasteiger partial charge < -0.3 is 5.73 Å². The van der Waals surface area contributed by atoms with Gasteiger partial charge in [-0.1, -0.05) is 38.1 Å². The van der Waals surface area contributed by atoms with E-state index in [1.807, 2.05) is 0 Å². The van der Waals surface area contributed by atoms with Gasteiger partial charge in [0.05, 0.1) is 0 Å². The van der Waals surface area contributed by atoms with Crippen LogP contribution >= 0.6 is 0 Å². The van der Waals surface area contributed by atoms with E-state index in [4.69, 9.17) is 5.73 Å². The molecule has 1 fully saturated rings. The Kier molecular flexibility index (Phi) is 2.38. The Labute approximate surface area is 92.7 Å². The van der Waals surface area contributed by atoms with Gasteiger partial charge in [0.15, 0.2) is 0 Å². The van der Waals surface area contributed by atoms with Crippen LogP contribution in [0.15, 0.2) is 24.3 Å². The fourth-order valence-electron chi connectivity index (χ4n) is 3.39. The maximum absolute atomic E-state index is 5.99. The summed E-state index contributed by atoms with van der Waals surface area (Å²) in [6, 6.07) is 8.67. The smallest absolute Gasteiger partial charge is 0.00883 e. The maximum Gasteiger partial charge on any atom is 0.00883 e. The van der Waals surface area contributed by atoms with E-state index in [1.54, 1.807) is 0 Å². The van der Waals surface area contributed by atoms with Crippen LogP contribution in [0.4, 0.5) is 0 Å². The Morgan fingerprint density at radius 2 is 1.80 bits per heavy atom. The summed E-state index contributed by atoms with van der Waals surface area (Å²) in [5, 5.41) is 0. The van der Waals surface area contributed by atoms with Gasteiger partial charge in [0.2, 0.25) is 0 Å². The van der Waals surface area contributed by atoms with Crippen LogP contribution in [0.3, 0.4) is 0 Å². The van der Waals surface area contributed by atoms with E-state index in [-0.39, 0.29) is 5.41 Å². The van der Waals surface area contributed by atoms with Gasteiger partial charge in [-0.05, 0) is 36.3 Å². The molecule has 0 amide bonds. The van der Waals surface area contributed by atoms with Crippen molar-refractivity contribution in [2.45, 2.75) is 39.0 Å². The summed E-state index contributed by atoms with van der Waals surface area (Å²) in [6.45, 7) is 7.64. The standard InChI is InChI=1S/C14H21N/c1-11-6-4-5-7-12(11)14(10-15)8-13(2,3)9-14/h4-7H,8-10,15H2,1-3H3. The maximum atomic E-state index is 5.99. The summed E-state index contributed by atoms with van der Waals surface area (Å²) >= 11 is 0. The number of hydrogen-bond donors (Lipinski definition) is 1. The molecule has 82 valence electrons. The molecule has 0 saturated heterocycles. The molecule has 0 unspecified atom stereocenters. The van der Waals surface area contributed by atoms with Crippen LogP contribution in [-0.4, -0.2) is 6.54 Å². The highest BCUT2D eigenvalue weighted by atomic mass is 14.7. The zero-order chi connectivity index (χ0) is 11.1. The first-order valence-corrected chi connectivity index (χ1v) is 5.75. The lowest BCUT2D eigenvalue weighted by Gasteiger charge is -2.54. The molecule has 1 saturated carbocycles. The molecule has 1 aliphatic carbocycles. The summed E-state index contributed by atoms with van der Waals surface area (Å²) in [5.74, 6) is 0. The third-order valence-corrected chi connectivity index (χ3v) is 3.74. The molecule has 0 aromatic heterocycles. The number of hydrogen-bond acceptors (Lipinski definition) is 1. The molecule has 15 heavy (non-hydrogen) atoms. The summed E-state index contributed by atoms with van der Waals surface area (Å²) in [5.41, 5.74) is 9.58. The molecule has 0 aliphatic heterocycles. The average Bonchev–Trinajstić information content (AvgIpc) is 2.14. The van der Waals surface area contributed by atoms with Crippen molar-refractivity contribution >= 4 is 0 Å². The van der Waals surface area contributed by atoms with Gasteiger partial charge >= 0.3 is 0 Å². The lowest BCUT2D eigenvalue weighted by molar-refractivity contribution is 0.0629. The van der Waals surface area contributed by atoms with E-state index < -0.39 is 0 Å². The van der Waals surface area contributed by atoms with Crippen LogP contribution in [0.25, 0.3) is 0 Å². The van der Waals surface area contributed by atoms with Gasteiger partial charge in [0, 0.05) is 12.0 Å². The van der Waals surface area contributed by atoms with Crippen molar-refractivity contribution in [1.82, 2.24) is 0 Å². The molecule has 0 atom stereocenters. The van der Waals surface area contributed by atoms with Gasteiger partial charge in [0.1, 0.15) is 0 Å². The molecule has 1 aliphatic rings. The van der Waals surface area contributed by atoms with Crippen molar-refractivity contribution in [2.75, 3.05) is 6.54 Å². The van der Waals surface area contributed by atoms with Crippen molar-refractivity contribution < 1.29 is 0 Å².